The summed E-state index contributed by atoms with van der Waals surface area (Å²) in [6.45, 7) is 2.26. The largest absolute Gasteiger partial charge is 1.00 e. The van der Waals surface area contributed by atoms with Crippen LogP contribution in [0.25, 0.3) is 0 Å². The summed E-state index contributed by atoms with van der Waals surface area (Å²) >= 11 is 0. The number of carbonyl (C=O) groups excluding carboxylic acids is 2. The molecule has 28 heavy (non-hydrogen) atoms. The van der Waals surface area contributed by atoms with Gasteiger partial charge in [-0.3, -0.25) is 0 Å². The summed E-state index contributed by atoms with van der Waals surface area (Å²) in [6.07, 6.45) is 20.3. The Bertz CT molecular complexity index is 351. The van der Waals surface area contributed by atoms with Crippen molar-refractivity contribution in [1.82, 2.24) is 0 Å². The molecular formula is C22H40Na2O4. The van der Waals surface area contributed by atoms with Gasteiger partial charge in [0, 0.05) is 17.9 Å². The van der Waals surface area contributed by atoms with Crippen molar-refractivity contribution >= 4 is 11.9 Å². The fourth-order valence-corrected chi connectivity index (χ4v) is 3.44. The van der Waals surface area contributed by atoms with Gasteiger partial charge >= 0.3 is 59.1 Å². The van der Waals surface area contributed by atoms with Crippen molar-refractivity contribution in [2.75, 3.05) is 0 Å². The normalized spacial score (nSPS) is 11.3. The second-order valence-electron chi connectivity index (χ2n) is 7.68. The first-order valence-corrected chi connectivity index (χ1v) is 11.0. The van der Waals surface area contributed by atoms with Crippen LogP contribution in [0.3, 0.4) is 0 Å². The summed E-state index contributed by atoms with van der Waals surface area (Å²) in [6, 6.07) is 0. The van der Waals surface area contributed by atoms with Gasteiger partial charge in [0.25, 0.3) is 0 Å². The summed E-state index contributed by atoms with van der Waals surface area (Å²) in [5.74, 6) is -3.47. The summed E-state index contributed by atoms with van der Waals surface area (Å²) in [4.78, 5) is 21.3. The molecular weight excluding hydrogens is 374 g/mol. The van der Waals surface area contributed by atoms with E-state index in [9.17, 15) is 19.8 Å². The molecule has 0 N–H and O–H groups in total. The van der Waals surface area contributed by atoms with Crippen LogP contribution in [0.2, 0.25) is 0 Å². The zero-order chi connectivity index (χ0) is 19.5. The van der Waals surface area contributed by atoms with Gasteiger partial charge in [-0.15, -0.1) is 0 Å². The summed E-state index contributed by atoms with van der Waals surface area (Å²) in [5, 5.41) is 21.3. The van der Waals surface area contributed by atoms with E-state index in [1.54, 1.807) is 0 Å². The number of rotatable bonds is 20. The van der Waals surface area contributed by atoms with Crippen LogP contribution >= 0.6 is 0 Å². The van der Waals surface area contributed by atoms with Crippen molar-refractivity contribution < 1.29 is 78.9 Å². The summed E-state index contributed by atoms with van der Waals surface area (Å²) in [7, 11) is 0. The first-order chi connectivity index (χ1) is 12.6. The Morgan fingerprint density at radius 2 is 0.929 bits per heavy atom. The molecule has 0 aromatic carbocycles. The smallest absolute Gasteiger partial charge is 0.550 e. The van der Waals surface area contributed by atoms with Gasteiger partial charge in [-0.25, -0.2) is 0 Å². The van der Waals surface area contributed by atoms with Gasteiger partial charge in [-0.05, 0) is 12.8 Å². The molecule has 0 aliphatic carbocycles. The molecule has 0 aromatic rings. The zero-order valence-electron chi connectivity index (χ0n) is 18.9. The van der Waals surface area contributed by atoms with Crippen LogP contribution in [0.15, 0.2) is 0 Å². The van der Waals surface area contributed by atoms with Crippen molar-refractivity contribution in [3.63, 3.8) is 0 Å². The van der Waals surface area contributed by atoms with Crippen molar-refractivity contribution in [3.8, 4) is 0 Å². The molecule has 0 saturated carbocycles. The van der Waals surface area contributed by atoms with Crippen LogP contribution in [0, 0.1) is 5.92 Å². The van der Waals surface area contributed by atoms with E-state index >= 15 is 0 Å². The van der Waals surface area contributed by atoms with E-state index in [2.05, 4.69) is 6.92 Å². The van der Waals surface area contributed by atoms with Crippen LogP contribution in [0.1, 0.15) is 122 Å². The monoisotopic (exact) mass is 414 g/mol. The first-order valence-electron chi connectivity index (χ1n) is 11.0. The molecule has 154 valence electrons. The average Bonchev–Trinajstić information content (AvgIpc) is 2.59. The molecule has 1 unspecified atom stereocenters. The van der Waals surface area contributed by atoms with Crippen molar-refractivity contribution in [2.45, 2.75) is 122 Å². The van der Waals surface area contributed by atoms with Crippen LogP contribution in [0.5, 0.6) is 0 Å². The summed E-state index contributed by atoms with van der Waals surface area (Å²) < 4.78 is 0. The molecule has 0 radical (unpaired) electrons. The molecule has 0 bridgehead atoms. The molecule has 6 heteroatoms. The molecule has 0 spiro atoms. The minimum Gasteiger partial charge on any atom is -0.550 e. The van der Waals surface area contributed by atoms with E-state index in [0.717, 1.165) is 19.3 Å². The van der Waals surface area contributed by atoms with Gasteiger partial charge in [0.05, 0.1) is 0 Å². The van der Waals surface area contributed by atoms with Crippen molar-refractivity contribution in [1.29, 1.82) is 0 Å². The number of carboxylic acid groups (broad SMARTS) is 2. The number of carboxylic acids is 2. The van der Waals surface area contributed by atoms with Gasteiger partial charge in [-0.1, -0.05) is 110 Å². The Morgan fingerprint density at radius 3 is 1.21 bits per heavy atom. The fraction of sp³-hybridized carbons (Fsp3) is 0.909. The predicted octanol–water partition coefficient (Wildman–Crippen LogP) is -1.85. The molecule has 0 heterocycles. The van der Waals surface area contributed by atoms with Crippen LogP contribution < -0.4 is 69.3 Å². The molecule has 0 aliphatic rings. The number of unbranched alkanes of at least 4 members (excludes halogenated alkanes) is 15. The SMILES string of the molecule is CCCCCCCCCCCCCCCCCCC(CC(=O)[O-])C(=O)[O-].[Na+].[Na+]. The minimum absolute atomic E-state index is 0. The van der Waals surface area contributed by atoms with Crippen LogP contribution in [-0.4, -0.2) is 11.9 Å². The molecule has 0 amide bonds. The Labute approximate surface area is 217 Å². The molecule has 0 rings (SSSR count). The number of carbonyl (C=O) groups is 2. The van der Waals surface area contributed by atoms with E-state index in [-0.39, 0.29) is 59.1 Å². The number of hydrogen-bond donors (Lipinski definition) is 0. The molecule has 1 atom stereocenters. The third kappa shape index (κ3) is 25.0. The third-order valence-corrected chi connectivity index (χ3v) is 5.15. The van der Waals surface area contributed by atoms with Gasteiger partial charge in [-0.2, -0.15) is 0 Å². The molecule has 0 fully saturated rings. The number of aliphatic carboxylic acids is 2. The van der Waals surface area contributed by atoms with E-state index in [0.29, 0.717) is 6.42 Å². The Morgan fingerprint density at radius 1 is 0.607 bits per heavy atom. The van der Waals surface area contributed by atoms with Gasteiger partial charge < -0.3 is 19.8 Å². The topological polar surface area (TPSA) is 80.3 Å². The quantitative estimate of drug-likeness (QED) is 0.173. The standard InChI is InChI=1S/C22H42O4.2Na/c1-2-3-4-5-6-7-8-9-10-11-12-13-14-15-16-17-18-20(22(25)26)19-21(23)24;;/h20H,2-19H2,1H3,(H,23,24)(H,25,26);;/q;2*+1/p-2. The maximum atomic E-state index is 10.8. The molecule has 0 saturated heterocycles. The zero-order valence-corrected chi connectivity index (χ0v) is 22.9. The Balaban J connectivity index is -0.00000312. The minimum atomic E-state index is -1.31. The second-order valence-corrected chi connectivity index (χ2v) is 7.68. The molecule has 0 aliphatic heterocycles. The third-order valence-electron chi connectivity index (χ3n) is 5.15. The van der Waals surface area contributed by atoms with Gasteiger partial charge in [0.15, 0.2) is 0 Å². The maximum Gasteiger partial charge on any atom is 1.00 e. The van der Waals surface area contributed by atoms with Gasteiger partial charge in [0.1, 0.15) is 0 Å². The van der Waals surface area contributed by atoms with E-state index < -0.39 is 24.3 Å². The van der Waals surface area contributed by atoms with Crippen molar-refractivity contribution in [3.05, 3.63) is 0 Å². The van der Waals surface area contributed by atoms with Gasteiger partial charge in [0.2, 0.25) is 0 Å². The molecule has 4 nitrogen and oxygen atoms in total. The Kier molecular flexibility index (Phi) is 31.1. The van der Waals surface area contributed by atoms with E-state index in [1.807, 2.05) is 0 Å². The van der Waals surface area contributed by atoms with Crippen molar-refractivity contribution in [2.24, 2.45) is 5.92 Å². The Hall–Kier alpha value is 0.940. The predicted molar refractivity (Wildman–Crippen MR) is 102 cm³/mol. The molecule has 0 aromatic heterocycles. The number of hydrogen-bond acceptors (Lipinski definition) is 4. The first kappa shape index (κ1) is 33.6. The van der Waals surface area contributed by atoms with Crippen LogP contribution in [0.4, 0.5) is 0 Å². The average molecular weight is 415 g/mol. The second kappa shape index (κ2) is 26.0. The fourth-order valence-electron chi connectivity index (χ4n) is 3.44. The van der Waals surface area contributed by atoms with Crippen LogP contribution in [-0.2, 0) is 9.59 Å². The van der Waals surface area contributed by atoms with E-state index in [4.69, 9.17) is 0 Å². The maximum absolute atomic E-state index is 10.8. The van der Waals surface area contributed by atoms with E-state index in [1.165, 1.54) is 83.5 Å². The summed E-state index contributed by atoms with van der Waals surface area (Å²) in [5.41, 5.74) is 0.